The molecular weight excluding hydrogens is 427 g/mol. The maximum absolute atomic E-state index is 12.8. The number of rotatable bonds is 3. The number of carbonyl (C=O) groups excluding carboxylic acids is 1. The molecule has 3 heterocycles. The molecule has 1 aliphatic heterocycles. The zero-order valence-corrected chi connectivity index (χ0v) is 17.9. The Morgan fingerprint density at radius 1 is 1.16 bits per heavy atom. The maximum Gasteiger partial charge on any atom is 0.434 e. The van der Waals surface area contributed by atoms with Crippen molar-refractivity contribution in [3.8, 4) is 0 Å². The second-order valence-electron chi connectivity index (χ2n) is 7.62. The molecular formula is C21H22F3N5OS. The van der Waals surface area contributed by atoms with Crippen molar-refractivity contribution in [1.29, 1.82) is 0 Å². The van der Waals surface area contributed by atoms with Crippen LogP contribution in [0.1, 0.15) is 29.9 Å². The van der Waals surface area contributed by atoms with Crippen molar-refractivity contribution in [2.45, 2.75) is 38.9 Å². The molecule has 164 valence electrons. The fourth-order valence-electron chi connectivity index (χ4n) is 3.81. The number of carbonyl (C=O) groups is 1. The quantitative estimate of drug-likeness (QED) is 0.583. The van der Waals surface area contributed by atoms with Gasteiger partial charge >= 0.3 is 12.2 Å². The molecule has 6 nitrogen and oxygen atoms in total. The highest BCUT2D eigenvalue weighted by Gasteiger charge is 2.34. The van der Waals surface area contributed by atoms with Crippen LogP contribution in [0.15, 0.2) is 29.6 Å². The van der Waals surface area contributed by atoms with E-state index >= 15 is 0 Å². The number of benzene rings is 1. The smallest absolute Gasteiger partial charge is 0.348 e. The Morgan fingerprint density at radius 2 is 1.90 bits per heavy atom. The first-order chi connectivity index (χ1) is 14.7. The van der Waals surface area contributed by atoms with Gasteiger partial charge in [0.25, 0.3) is 0 Å². The molecule has 2 amide bonds. The second kappa shape index (κ2) is 8.33. The molecule has 0 bridgehead atoms. The Labute approximate surface area is 181 Å². The van der Waals surface area contributed by atoms with Gasteiger partial charge in [0.05, 0.1) is 5.69 Å². The minimum Gasteiger partial charge on any atom is -0.348 e. The number of thiazole rings is 1. The molecule has 0 spiro atoms. The van der Waals surface area contributed by atoms with E-state index in [4.69, 9.17) is 0 Å². The lowest BCUT2D eigenvalue weighted by Crippen LogP contribution is -2.46. The molecule has 1 aliphatic rings. The number of alkyl halides is 3. The Morgan fingerprint density at radius 3 is 2.58 bits per heavy atom. The van der Waals surface area contributed by atoms with Crippen molar-refractivity contribution < 1.29 is 18.0 Å². The summed E-state index contributed by atoms with van der Waals surface area (Å²) in [7, 11) is 0. The van der Waals surface area contributed by atoms with Gasteiger partial charge in [0.2, 0.25) is 0 Å². The first kappa shape index (κ1) is 21.4. The van der Waals surface area contributed by atoms with Gasteiger partial charge in [-0.1, -0.05) is 12.1 Å². The molecule has 1 saturated heterocycles. The molecule has 2 N–H and O–H groups in total. The number of pyridine rings is 1. The number of urea groups is 1. The zero-order valence-electron chi connectivity index (χ0n) is 17.1. The van der Waals surface area contributed by atoms with Crippen LogP contribution in [-0.4, -0.2) is 35.1 Å². The molecule has 1 fully saturated rings. The predicted molar refractivity (Wildman–Crippen MR) is 116 cm³/mol. The van der Waals surface area contributed by atoms with Crippen molar-refractivity contribution in [3.63, 3.8) is 0 Å². The molecule has 0 aliphatic carbocycles. The van der Waals surface area contributed by atoms with E-state index in [9.17, 15) is 18.0 Å². The average Bonchev–Trinajstić information content (AvgIpc) is 3.20. The van der Waals surface area contributed by atoms with Gasteiger partial charge in [-0.15, -0.1) is 11.3 Å². The molecule has 0 saturated carbocycles. The second-order valence-corrected chi connectivity index (χ2v) is 8.46. The molecule has 0 unspecified atom stereocenters. The van der Waals surface area contributed by atoms with Crippen LogP contribution in [0.4, 0.5) is 28.8 Å². The van der Waals surface area contributed by atoms with E-state index < -0.39 is 11.9 Å². The number of aryl methyl sites for hydroxylation is 2. The number of halogens is 3. The van der Waals surface area contributed by atoms with Crippen molar-refractivity contribution in [2.75, 3.05) is 23.3 Å². The summed E-state index contributed by atoms with van der Waals surface area (Å²) >= 11 is 0.993. The topological polar surface area (TPSA) is 70.2 Å². The van der Waals surface area contributed by atoms with E-state index in [1.807, 2.05) is 43.0 Å². The number of hydrogen-bond acceptors (Lipinski definition) is 5. The molecule has 0 radical (unpaired) electrons. The minimum atomic E-state index is -4.43. The molecule has 31 heavy (non-hydrogen) atoms. The number of amides is 2. The highest BCUT2D eigenvalue weighted by molar-refractivity contribution is 7.13. The van der Waals surface area contributed by atoms with E-state index in [0.29, 0.717) is 36.8 Å². The Kier molecular flexibility index (Phi) is 5.74. The van der Waals surface area contributed by atoms with Crippen LogP contribution in [0.25, 0.3) is 10.8 Å². The first-order valence-corrected chi connectivity index (χ1v) is 10.8. The van der Waals surface area contributed by atoms with Crippen LogP contribution in [0, 0.1) is 13.8 Å². The summed E-state index contributed by atoms with van der Waals surface area (Å²) in [5, 5.41) is 9.22. The van der Waals surface area contributed by atoms with Crippen LogP contribution >= 0.6 is 11.3 Å². The Hall–Kier alpha value is -2.88. The summed E-state index contributed by atoms with van der Waals surface area (Å²) in [6.45, 7) is 4.92. The minimum absolute atomic E-state index is 0.0570. The third kappa shape index (κ3) is 4.73. The van der Waals surface area contributed by atoms with E-state index in [0.717, 1.165) is 38.9 Å². The third-order valence-corrected chi connectivity index (χ3v) is 6.23. The van der Waals surface area contributed by atoms with E-state index in [1.165, 1.54) is 0 Å². The fraction of sp³-hybridized carbons (Fsp3) is 0.381. The van der Waals surface area contributed by atoms with Gasteiger partial charge in [0.1, 0.15) is 0 Å². The summed E-state index contributed by atoms with van der Waals surface area (Å²) in [5.74, 6) is 0. The number of piperidine rings is 1. The largest absolute Gasteiger partial charge is 0.434 e. The van der Waals surface area contributed by atoms with Gasteiger partial charge in [0, 0.05) is 46.7 Å². The van der Waals surface area contributed by atoms with Gasteiger partial charge < -0.3 is 15.5 Å². The van der Waals surface area contributed by atoms with Crippen molar-refractivity contribution in [3.05, 3.63) is 46.7 Å². The number of fused-ring (bicyclic) bond motifs is 1. The number of nitrogens with zero attached hydrogens (tertiary/aromatic N) is 3. The predicted octanol–water partition coefficient (Wildman–Crippen LogP) is 5.12. The van der Waals surface area contributed by atoms with Crippen LogP contribution in [0.5, 0.6) is 0 Å². The normalized spacial score (nSPS) is 15.3. The Balaban J connectivity index is 1.36. The number of aromatic nitrogens is 2. The van der Waals surface area contributed by atoms with Gasteiger partial charge in [0.15, 0.2) is 10.8 Å². The number of anilines is 2. The molecule has 1 aromatic carbocycles. The molecule has 0 atom stereocenters. The summed E-state index contributed by atoms with van der Waals surface area (Å²) in [6.07, 6.45) is -3.17. The van der Waals surface area contributed by atoms with Gasteiger partial charge in [-0.3, -0.25) is 4.98 Å². The molecule has 10 heteroatoms. The standard InChI is InChI=1S/C21H22F3N5OS/c1-12-10-16-15(13(2)25-12)4-3-5-17(16)27-19(30)26-14-6-8-29(9-7-14)20-28-18(11-31-20)21(22,23)24/h3-5,10-11,14H,6-9H2,1-2H3,(H2,26,27,30). The third-order valence-electron chi connectivity index (χ3n) is 5.32. The summed E-state index contributed by atoms with van der Waals surface area (Å²) in [4.78, 5) is 22.6. The molecule has 2 aromatic heterocycles. The number of hydrogen-bond donors (Lipinski definition) is 2. The molecule has 3 aromatic rings. The summed E-state index contributed by atoms with van der Waals surface area (Å²) in [6, 6.07) is 7.29. The monoisotopic (exact) mass is 449 g/mol. The van der Waals surface area contributed by atoms with Crippen LogP contribution in [0.2, 0.25) is 0 Å². The Bertz CT molecular complexity index is 1110. The number of nitrogens with one attached hydrogen (secondary N) is 2. The summed E-state index contributed by atoms with van der Waals surface area (Å²) < 4.78 is 38.3. The lowest BCUT2D eigenvalue weighted by atomic mass is 10.1. The van der Waals surface area contributed by atoms with Crippen LogP contribution < -0.4 is 15.5 Å². The van der Waals surface area contributed by atoms with Crippen molar-refractivity contribution in [1.82, 2.24) is 15.3 Å². The van der Waals surface area contributed by atoms with Crippen molar-refractivity contribution >= 4 is 39.0 Å². The lowest BCUT2D eigenvalue weighted by molar-refractivity contribution is -0.140. The van der Waals surface area contributed by atoms with E-state index in [-0.39, 0.29) is 12.1 Å². The molecule has 4 rings (SSSR count). The van der Waals surface area contributed by atoms with Gasteiger partial charge in [-0.05, 0) is 38.8 Å². The average molecular weight is 450 g/mol. The first-order valence-electron chi connectivity index (χ1n) is 9.93. The summed E-state index contributed by atoms with van der Waals surface area (Å²) in [5.41, 5.74) is 1.64. The van der Waals surface area contributed by atoms with E-state index in [2.05, 4.69) is 20.6 Å². The highest BCUT2D eigenvalue weighted by atomic mass is 32.1. The lowest BCUT2D eigenvalue weighted by Gasteiger charge is -2.32. The van der Waals surface area contributed by atoms with E-state index in [1.54, 1.807) is 0 Å². The van der Waals surface area contributed by atoms with Crippen LogP contribution in [0.3, 0.4) is 0 Å². The van der Waals surface area contributed by atoms with Crippen molar-refractivity contribution in [2.24, 2.45) is 0 Å². The highest BCUT2D eigenvalue weighted by Crippen LogP contribution is 2.33. The fourth-order valence-corrected chi connectivity index (χ4v) is 4.70. The zero-order chi connectivity index (χ0) is 22.2. The SMILES string of the molecule is Cc1cc2c(NC(=O)NC3CCN(c4nc(C(F)(F)F)cs4)CC3)cccc2c(C)n1. The van der Waals surface area contributed by atoms with Gasteiger partial charge in [-0.2, -0.15) is 13.2 Å². The maximum atomic E-state index is 12.8. The van der Waals surface area contributed by atoms with Crippen LogP contribution in [-0.2, 0) is 6.18 Å². The van der Waals surface area contributed by atoms with Gasteiger partial charge in [-0.25, -0.2) is 9.78 Å².